The zero-order chi connectivity index (χ0) is 22.2. The van der Waals surface area contributed by atoms with Crippen LogP contribution in [0.4, 0.5) is 20.2 Å². The van der Waals surface area contributed by atoms with Gasteiger partial charge in [-0.05, 0) is 30.3 Å². The minimum absolute atomic E-state index is 0.0828. The average Bonchev–Trinajstić information content (AvgIpc) is 3.27. The third kappa shape index (κ3) is 3.31. The van der Waals surface area contributed by atoms with Crippen molar-refractivity contribution >= 4 is 17.3 Å². The van der Waals surface area contributed by atoms with Gasteiger partial charge in [-0.15, -0.1) is 0 Å². The number of amides is 1. The van der Waals surface area contributed by atoms with E-state index in [9.17, 15) is 13.6 Å². The van der Waals surface area contributed by atoms with E-state index in [1.165, 1.54) is 18.1 Å². The molecule has 7 nitrogen and oxygen atoms in total. The molecule has 0 spiro atoms. The van der Waals surface area contributed by atoms with Crippen LogP contribution in [0.5, 0.6) is 23.0 Å². The standard InChI is InChI=1S/C23H18F2N2O5/c1-29-18-8-4-6-15(20(18)32-23(24)25)21-26-16-7-3-2-5-14(16)22(28)27(21)13-9-10-17-19(11-13)31-12-30-17/h2-11,21,23,26H,12H2,1H3. The third-order valence-corrected chi connectivity index (χ3v) is 5.29. The van der Waals surface area contributed by atoms with E-state index >= 15 is 0 Å². The van der Waals surface area contributed by atoms with E-state index in [2.05, 4.69) is 5.32 Å². The van der Waals surface area contributed by atoms with Crippen LogP contribution < -0.4 is 29.2 Å². The van der Waals surface area contributed by atoms with E-state index in [1.54, 1.807) is 54.6 Å². The maximum absolute atomic E-state index is 13.6. The van der Waals surface area contributed by atoms with Gasteiger partial charge in [0.1, 0.15) is 6.17 Å². The van der Waals surface area contributed by atoms with Gasteiger partial charge >= 0.3 is 6.61 Å². The molecule has 0 saturated carbocycles. The predicted octanol–water partition coefficient (Wildman–Crippen LogP) is 4.80. The molecule has 2 heterocycles. The van der Waals surface area contributed by atoms with E-state index in [0.29, 0.717) is 34.0 Å². The number of carbonyl (C=O) groups excluding carboxylic acids is 1. The Morgan fingerprint density at radius 3 is 2.69 bits per heavy atom. The molecule has 1 atom stereocenters. The number of nitrogens with zero attached hydrogens (tertiary/aromatic N) is 1. The zero-order valence-corrected chi connectivity index (χ0v) is 16.9. The van der Waals surface area contributed by atoms with Gasteiger partial charge in [0.25, 0.3) is 5.91 Å². The number of fused-ring (bicyclic) bond motifs is 2. The summed E-state index contributed by atoms with van der Waals surface area (Å²) in [6, 6.07) is 16.9. The minimum atomic E-state index is -3.07. The van der Waals surface area contributed by atoms with Crippen LogP contribution in [0.25, 0.3) is 0 Å². The van der Waals surface area contributed by atoms with E-state index < -0.39 is 12.8 Å². The highest BCUT2D eigenvalue weighted by molar-refractivity contribution is 6.12. The fraction of sp³-hybridized carbons (Fsp3) is 0.174. The van der Waals surface area contributed by atoms with Crippen LogP contribution in [0, 0.1) is 0 Å². The van der Waals surface area contributed by atoms with Crippen molar-refractivity contribution in [3.63, 3.8) is 0 Å². The Morgan fingerprint density at radius 1 is 1.06 bits per heavy atom. The second kappa shape index (κ2) is 7.92. The number of carbonyl (C=O) groups is 1. The Hall–Kier alpha value is -4.01. The molecule has 3 aromatic carbocycles. The smallest absolute Gasteiger partial charge is 0.387 e. The fourth-order valence-electron chi connectivity index (χ4n) is 3.90. The molecule has 0 fully saturated rings. The number of benzene rings is 3. The maximum atomic E-state index is 13.6. The molecule has 9 heteroatoms. The topological polar surface area (TPSA) is 69.3 Å². The summed E-state index contributed by atoms with van der Waals surface area (Å²) in [6.07, 6.45) is -0.860. The molecule has 2 aliphatic rings. The number of methoxy groups -OCH3 is 1. The molecule has 164 valence electrons. The molecule has 2 aliphatic heterocycles. The lowest BCUT2D eigenvalue weighted by Crippen LogP contribution is -2.43. The van der Waals surface area contributed by atoms with Crippen LogP contribution in [0.2, 0.25) is 0 Å². The molecule has 0 aliphatic carbocycles. The van der Waals surface area contributed by atoms with Crippen molar-refractivity contribution in [1.29, 1.82) is 0 Å². The van der Waals surface area contributed by atoms with Gasteiger partial charge in [-0.3, -0.25) is 9.69 Å². The number of para-hydroxylation sites is 2. The molecule has 0 bridgehead atoms. The fourth-order valence-corrected chi connectivity index (χ4v) is 3.90. The van der Waals surface area contributed by atoms with Gasteiger partial charge < -0.3 is 24.3 Å². The molecule has 5 rings (SSSR count). The summed E-state index contributed by atoms with van der Waals surface area (Å²) in [7, 11) is 1.36. The molecule has 3 aromatic rings. The number of ether oxygens (including phenoxy) is 4. The highest BCUT2D eigenvalue weighted by Crippen LogP contribution is 2.45. The normalized spacial score (nSPS) is 16.6. The Kier molecular flexibility index (Phi) is 4.93. The molecule has 1 unspecified atom stereocenters. The maximum Gasteiger partial charge on any atom is 0.387 e. The number of nitrogens with one attached hydrogen (secondary N) is 1. The molecule has 1 N–H and O–H groups in total. The number of hydrogen-bond donors (Lipinski definition) is 1. The summed E-state index contributed by atoms with van der Waals surface area (Å²) in [4.78, 5) is 15.1. The number of rotatable bonds is 5. The Balaban J connectivity index is 1.68. The average molecular weight is 440 g/mol. The number of hydrogen-bond acceptors (Lipinski definition) is 6. The summed E-state index contributed by atoms with van der Waals surface area (Å²) in [6.45, 7) is -2.99. The largest absolute Gasteiger partial charge is 0.493 e. The minimum Gasteiger partial charge on any atom is -0.493 e. The van der Waals surface area contributed by atoms with Crippen LogP contribution in [-0.4, -0.2) is 26.4 Å². The van der Waals surface area contributed by atoms with Crippen molar-refractivity contribution in [2.24, 2.45) is 0 Å². The van der Waals surface area contributed by atoms with E-state index in [4.69, 9.17) is 18.9 Å². The van der Waals surface area contributed by atoms with Gasteiger partial charge in [0.15, 0.2) is 23.0 Å². The van der Waals surface area contributed by atoms with E-state index in [-0.39, 0.29) is 24.2 Å². The van der Waals surface area contributed by atoms with Crippen molar-refractivity contribution in [2.45, 2.75) is 12.8 Å². The first-order chi connectivity index (χ1) is 15.6. The first kappa shape index (κ1) is 19.9. The second-order valence-electron chi connectivity index (χ2n) is 7.06. The SMILES string of the molecule is COc1cccc(C2Nc3ccccc3C(=O)N2c2ccc3c(c2)OCO3)c1OC(F)F. The molecular formula is C23H18F2N2O5. The van der Waals surface area contributed by atoms with E-state index in [0.717, 1.165) is 0 Å². The molecule has 0 saturated heterocycles. The quantitative estimate of drug-likeness (QED) is 0.615. The number of anilines is 2. The third-order valence-electron chi connectivity index (χ3n) is 5.29. The molecule has 0 aromatic heterocycles. The van der Waals surface area contributed by atoms with Gasteiger partial charge in [0.2, 0.25) is 6.79 Å². The first-order valence-corrected chi connectivity index (χ1v) is 9.77. The lowest BCUT2D eigenvalue weighted by atomic mass is 10.0. The van der Waals surface area contributed by atoms with Crippen LogP contribution in [0.15, 0.2) is 60.7 Å². The van der Waals surface area contributed by atoms with Crippen LogP contribution in [0.3, 0.4) is 0 Å². The lowest BCUT2D eigenvalue weighted by Gasteiger charge is -2.38. The molecule has 32 heavy (non-hydrogen) atoms. The van der Waals surface area contributed by atoms with E-state index in [1.807, 2.05) is 0 Å². The Morgan fingerprint density at radius 2 is 1.88 bits per heavy atom. The van der Waals surface area contributed by atoms with Crippen LogP contribution >= 0.6 is 0 Å². The van der Waals surface area contributed by atoms with Gasteiger partial charge in [0, 0.05) is 17.3 Å². The van der Waals surface area contributed by atoms with Crippen molar-refractivity contribution in [2.75, 3.05) is 24.1 Å². The van der Waals surface area contributed by atoms with Crippen LogP contribution in [-0.2, 0) is 0 Å². The summed E-state index contributed by atoms with van der Waals surface area (Å²) < 4.78 is 47.4. The number of halogens is 2. The monoisotopic (exact) mass is 440 g/mol. The van der Waals surface area contributed by atoms with Crippen molar-refractivity contribution < 1.29 is 32.5 Å². The van der Waals surface area contributed by atoms with Gasteiger partial charge in [-0.1, -0.05) is 24.3 Å². The van der Waals surface area contributed by atoms with Gasteiger partial charge in [-0.2, -0.15) is 8.78 Å². The predicted molar refractivity (Wildman–Crippen MR) is 112 cm³/mol. The summed E-state index contributed by atoms with van der Waals surface area (Å²) in [5.41, 5.74) is 1.83. The van der Waals surface area contributed by atoms with Crippen molar-refractivity contribution in [3.05, 3.63) is 71.8 Å². The van der Waals surface area contributed by atoms with Crippen molar-refractivity contribution in [1.82, 2.24) is 0 Å². The van der Waals surface area contributed by atoms with Gasteiger partial charge in [-0.25, -0.2) is 0 Å². The van der Waals surface area contributed by atoms with Crippen molar-refractivity contribution in [3.8, 4) is 23.0 Å². The Labute approximate surface area is 182 Å². The summed E-state index contributed by atoms with van der Waals surface area (Å²) in [5, 5.41) is 3.28. The van der Waals surface area contributed by atoms with Gasteiger partial charge in [0.05, 0.1) is 18.4 Å². The summed E-state index contributed by atoms with van der Waals surface area (Å²) in [5.74, 6) is 0.713. The highest BCUT2D eigenvalue weighted by atomic mass is 19.3. The molecule has 1 amide bonds. The first-order valence-electron chi connectivity index (χ1n) is 9.77. The molecule has 0 radical (unpaired) electrons. The van der Waals surface area contributed by atoms with Crippen LogP contribution in [0.1, 0.15) is 22.1 Å². The number of alkyl halides is 2. The lowest BCUT2D eigenvalue weighted by molar-refractivity contribution is -0.0519. The Bertz CT molecular complexity index is 1190. The highest BCUT2D eigenvalue weighted by Gasteiger charge is 2.37. The summed E-state index contributed by atoms with van der Waals surface area (Å²) >= 11 is 0. The zero-order valence-electron chi connectivity index (χ0n) is 16.9. The molecular weight excluding hydrogens is 422 g/mol. The second-order valence-corrected chi connectivity index (χ2v) is 7.06.